The maximum Gasteiger partial charge on any atom is 0.352 e. The minimum atomic E-state index is -1.23. The average molecular weight is 461 g/mol. The predicted octanol–water partition coefficient (Wildman–Crippen LogP) is -0.618. The molecular formula is C15H17ClN6O5S2. The van der Waals surface area contributed by atoms with Gasteiger partial charge in [-0.3, -0.25) is 14.5 Å². The number of thiazole rings is 1. The van der Waals surface area contributed by atoms with Crippen molar-refractivity contribution >= 4 is 63.3 Å². The number of aliphatic carboxylic acids is 1. The van der Waals surface area contributed by atoms with Crippen molar-refractivity contribution in [1.82, 2.24) is 15.2 Å². The van der Waals surface area contributed by atoms with E-state index in [0.29, 0.717) is 11.3 Å². The Morgan fingerprint density at radius 2 is 2.28 bits per heavy atom. The molecule has 0 aromatic carbocycles. The number of carboxylic acid groups (broad SMARTS) is 1. The zero-order valence-corrected chi connectivity index (χ0v) is 17.2. The van der Waals surface area contributed by atoms with E-state index in [2.05, 4.69) is 15.5 Å². The zero-order valence-electron chi connectivity index (χ0n) is 14.8. The van der Waals surface area contributed by atoms with Gasteiger partial charge in [0.15, 0.2) is 10.8 Å². The molecule has 0 saturated carbocycles. The fraction of sp³-hybridized carbons (Fsp3) is 0.400. The SMILES string of the molecule is NCC1=C(C(=O)O)N2C(=O)C(NC(=O)/C(=N\OCCCl)c3csc(N)n3)[C@H]2SC1. The first-order chi connectivity index (χ1) is 13.9. The van der Waals surface area contributed by atoms with Crippen molar-refractivity contribution in [3.63, 3.8) is 0 Å². The van der Waals surface area contributed by atoms with Crippen LogP contribution in [0.15, 0.2) is 21.8 Å². The summed E-state index contributed by atoms with van der Waals surface area (Å²) in [7, 11) is 0. The van der Waals surface area contributed by atoms with Crippen LogP contribution >= 0.6 is 34.7 Å². The quantitative estimate of drug-likeness (QED) is 0.129. The summed E-state index contributed by atoms with van der Waals surface area (Å²) < 4.78 is 0. The van der Waals surface area contributed by atoms with Crippen LogP contribution in [0.2, 0.25) is 0 Å². The molecule has 11 nitrogen and oxygen atoms in total. The van der Waals surface area contributed by atoms with Crippen LogP contribution in [0.4, 0.5) is 5.13 Å². The van der Waals surface area contributed by atoms with Crippen molar-refractivity contribution in [3.05, 3.63) is 22.3 Å². The van der Waals surface area contributed by atoms with E-state index >= 15 is 0 Å². The minimum absolute atomic E-state index is 0.0299. The Morgan fingerprint density at radius 3 is 2.86 bits per heavy atom. The number of nitrogen functional groups attached to an aromatic ring is 1. The summed E-state index contributed by atoms with van der Waals surface area (Å²) >= 11 is 7.98. The highest BCUT2D eigenvalue weighted by molar-refractivity contribution is 8.00. The van der Waals surface area contributed by atoms with Crippen LogP contribution in [0.5, 0.6) is 0 Å². The molecule has 0 spiro atoms. The van der Waals surface area contributed by atoms with E-state index in [-0.39, 0.29) is 41.3 Å². The number of β-lactam (4-membered cyclic amide) rings is 1. The molecule has 2 aliphatic rings. The molecule has 0 radical (unpaired) electrons. The van der Waals surface area contributed by atoms with E-state index < -0.39 is 29.2 Å². The van der Waals surface area contributed by atoms with Gasteiger partial charge in [-0.25, -0.2) is 9.78 Å². The number of oxime groups is 1. The molecule has 3 rings (SSSR count). The van der Waals surface area contributed by atoms with Crippen molar-refractivity contribution in [2.75, 3.05) is 30.5 Å². The van der Waals surface area contributed by atoms with E-state index in [4.69, 9.17) is 27.9 Å². The number of hydrogen-bond acceptors (Lipinski definition) is 10. The number of nitrogens with zero attached hydrogens (tertiary/aromatic N) is 3. The zero-order chi connectivity index (χ0) is 21.1. The van der Waals surface area contributed by atoms with Crippen LogP contribution in [0.1, 0.15) is 5.69 Å². The molecule has 1 aromatic heterocycles. The summed E-state index contributed by atoms with van der Waals surface area (Å²) in [5.41, 5.74) is 11.6. The smallest absolute Gasteiger partial charge is 0.352 e. The second-order valence-electron chi connectivity index (χ2n) is 5.86. The molecule has 14 heteroatoms. The fourth-order valence-electron chi connectivity index (χ4n) is 2.80. The fourth-order valence-corrected chi connectivity index (χ4v) is 4.77. The third-order valence-electron chi connectivity index (χ3n) is 4.09. The summed E-state index contributed by atoms with van der Waals surface area (Å²) in [6.45, 7) is 0.101. The number of hydrogen-bond donors (Lipinski definition) is 4. The third-order valence-corrected chi connectivity index (χ3v) is 6.25. The highest BCUT2D eigenvalue weighted by Gasteiger charge is 2.54. The Hall–Kier alpha value is -2.35. The van der Waals surface area contributed by atoms with Crippen LogP contribution in [-0.4, -0.2) is 74.7 Å². The van der Waals surface area contributed by atoms with Crippen molar-refractivity contribution in [1.29, 1.82) is 0 Å². The maximum absolute atomic E-state index is 12.7. The summed E-state index contributed by atoms with van der Waals surface area (Å²) in [4.78, 5) is 47.0. The predicted molar refractivity (Wildman–Crippen MR) is 108 cm³/mol. The Labute approximate surface area is 178 Å². The molecule has 1 unspecified atom stereocenters. The lowest BCUT2D eigenvalue weighted by atomic mass is 10.0. The summed E-state index contributed by atoms with van der Waals surface area (Å²) in [5.74, 6) is -1.96. The number of anilines is 1. The van der Waals surface area contributed by atoms with E-state index in [1.54, 1.807) is 0 Å². The van der Waals surface area contributed by atoms with E-state index in [1.807, 2.05) is 0 Å². The number of nitrogens with two attached hydrogens (primary N) is 2. The number of fused-ring (bicyclic) bond motifs is 1. The van der Waals surface area contributed by atoms with Crippen molar-refractivity contribution < 1.29 is 24.3 Å². The average Bonchev–Trinajstić information content (AvgIpc) is 3.13. The lowest BCUT2D eigenvalue weighted by molar-refractivity contribution is -0.150. The number of carbonyl (C=O) groups excluding carboxylic acids is 2. The number of aromatic nitrogens is 1. The van der Waals surface area contributed by atoms with Gasteiger partial charge in [-0.1, -0.05) is 5.16 Å². The maximum atomic E-state index is 12.7. The first kappa shape index (κ1) is 21.4. The molecule has 3 heterocycles. The van der Waals surface area contributed by atoms with Crippen LogP contribution in [0.25, 0.3) is 0 Å². The number of amides is 2. The Kier molecular flexibility index (Phi) is 6.62. The van der Waals surface area contributed by atoms with Gasteiger partial charge in [0.1, 0.15) is 29.4 Å². The van der Waals surface area contributed by atoms with E-state index in [1.165, 1.54) is 17.1 Å². The molecule has 6 N–H and O–H groups in total. The largest absolute Gasteiger partial charge is 0.477 e. The van der Waals surface area contributed by atoms with Crippen LogP contribution in [0, 0.1) is 0 Å². The molecule has 2 atom stereocenters. The standard InChI is InChI=1S/C15H17ClN6O5S2/c16-1-2-27-21-8(7-5-29-15(18)19-7)11(23)20-9-12(24)22-10(14(25)26)6(3-17)4-28-13(9)22/h5,9,13H,1-4,17H2,(H2,18,19)(H,20,23)(H,25,26)/b21-8-/t9?,13-/m1/s1. The second-order valence-corrected chi connectivity index (χ2v) is 8.23. The lowest BCUT2D eigenvalue weighted by Gasteiger charge is -2.49. The van der Waals surface area contributed by atoms with Crippen molar-refractivity contribution in [2.24, 2.45) is 10.9 Å². The first-order valence-corrected chi connectivity index (χ1v) is 10.7. The summed E-state index contributed by atoms with van der Waals surface area (Å²) in [6.07, 6.45) is 0. The topological polar surface area (TPSA) is 173 Å². The molecule has 156 valence electrons. The highest BCUT2D eigenvalue weighted by Crippen LogP contribution is 2.40. The van der Waals surface area contributed by atoms with Crippen LogP contribution in [0.3, 0.4) is 0 Å². The number of carboxylic acids is 1. The number of carbonyl (C=O) groups is 3. The molecule has 2 amide bonds. The molecule has 29 heavy (non-hydrogen) atoms. The van der Waals surface area contributed by atoms with Gasteiger partial charge in [0.05, 0.1) is 5.88 Å². The highest BCUT2D eigenvalue weighted by atomic mass is 35.5. The van der Waals surface area contributed by atoms with Gasteiger partial charge >= 0.3 is 5.97 Å². The third kappa shape index (κ3) is 4.17. The lowest BCUT2D eigenvalue weighted by Crippen LogP contribution is -2.71. The number of rotatable bonds is 8. The number of thioether (sulfide) groups is 1. The van der Waals surface area contributed by atoms with Gasteiger partial charge in [-0.05, 0) is 5.57 Å². The summed E-state index contributed by atoms with van der Waals surface area (Å²) in [6, 6.07) is -0.921. The first-order valence-electron chi connectivity index (χ1n) is 8.27. The molecule has 1 fully saturated rings. The minimum Gasteiger partial charge on any atom is -0.477 e. The van der Waals surface area contributed by atoms with Crippen LogP contribution < -0.4 is 16.8 Å². The Balaban J connectivity index is 1.78. The van der Waals surface area contributed by atoms with Crippen molar-refractivity contribution in [2.45, 2.75) is 11.4 Å². The van der Waals surface area contributed by atoms with Crippen LogP contribution in [-0.2, 0) is 19.2 Å². The van der Waals surface area contributed by atoms with Gasteiger partial charge < -0.3 is 26.7 Å². The molecule has 1 saturated heterocycles. The Bertz CT molecular complexity index is 904. The summed E-state index contributed by atoms with van der Waals surface area (Å²) in [5, 5.41) is 17.0. The van der Waals surface area contributed by atoms with Gasteiger partial charge in [0.2, 0.25) is 0 Å². The van der Waals surface area contributed by atoms with Gasteiger partial charge in [-0.2, -0.15) is 0 Å². The number of halogens is 1. The molecular weight excluding hydrogens is 444 g/mol. The van der Waals surface area contributed by atoms with E-state index in [9.17, 15) is 19.5 Å². The molecule has 1 aromatic rings. The number of nitrogens with one attached hydrogen (secondary N) is 1. The molecule has 0 bridgehead atoms. The molecule has 2 aliphatic heterocycles. The van der Waals surface area contributed by atoms with Gasteiger partial charge in [-0.15, -0.1) is 34.7 Å². The van der Waals surface area contributed by atoms with Crippen molar-refractivity contribution in [3.8, 4) is 0 Å². The van der Waals surface area contributed by atoms with E-state index in [0.717, 1.165) is 16.2 Å². The normalized spacial score (nSPS) is 21.5. The monoisotopic (exact) mass is 460 g/mol. The Morgan fingerprint density at radius 1 is 1.52 bits per heavy atom. The second kappa shape index (κ2) is 8.98. The van der Waals surface area contributed by atoms with Gasteiger partial charge in [0, 0.05) is 17.7 Å². The van der Waals surface area contributed by atoms with Gasteiger partial charge in [0.25, 0.3) is 11.8 Å². The number of alkyl halides is 1. The molecule has 0 aliphatic carbocycles.